The maximum atomic E-state index is 11.4. The number of aryl methyl sites for hydroxylation is 2. The van der Waals surface area contributed by atoms with Gasteiger partial charge in [-0.2, -0.15) is 5.10 Å². The molecule has 19 heavy (non-hydrogen) atoms. The SMILES string of the molecule is CCCc1nn(C)c2c1[nH]c(=S)n2C1CNC(=O)C1. The molecule has 1 fully saturated rings. The molecular weight excluding hydrogens is 262 g/mol. The molecule has 102 valence electrons. The summed E-state index contributed by atoms with van der Waals surface area (Å²) in [5.74, 6) is 0.0807. The van der Waals surface area contributed by atoms with Gasteiger partial charge in [-0.25, -0.2) is 0 Å². The summed E-state index contributed by atoms with van der Waals surface area (Å²) in [4.78, 5) is 14.6. The summed E-state index contributed by atoms with van der Waals surface area (Å²) in [5, 5.41) is 7.40. The molecule has 0 radical (unpaired) electrons. The van der Waals surface area contributed by atoms with Crippen LogP contribution in [-0.4, -0.2) is 31.8 Å². The second-order valence-electron chi connectivity index (χ2n) is 4.98. The van der Waals surface area contributed by atoms with Gasteiger partial charge in [-0.1, -0.05) is 13.3 Å². The lowest BCUT2D eigenvalue weighted by molar-refractivity contribution is -0.119. The Kier molecular flexibility index (Phi) is 2.93. The summed E-state index contributed by atoms with van der Waals surface area (Å²) in [6.07, 6.45) is 2.45. The van der Waals surface area contributed by atoms with Gasteiger partial charge in [0.1, 0.15) is 5.52 Å². The van der Waals surface area contributed by atoms with Crippen LogP contribution in [0.3, 0.4) is 0 Å². The Balaban J connectivity index is 2.16. The quantitative estimate of drug-likeness (QED) is 0.836. The third-order valence-electron chi connectivity index (χ3n) is 3.58. The molecule has 0 bridgehead atoms. The molecule has 1 atom stereocenters. The summed E-state index contributed by atoms with van der Waals surface area (Å²) in [5.41, 5.74) is 3.03. The van der Waals surface area contributed by atoms with Gasteiger partial charge in [0.05, 0.1) is 11.7 Å². The number of hydrogen-bond acceptors (Lipinski definition) is 3. The topological polar surface area (TPSA) is 67.6 Å². The van der Waals surface area contributed by atoms with Gasteiger partial charge in [0, 0.05) is 20.0 Å². The van der Waals surface area contributed by atoms with Crippen molar-refractivity contribution in [3.8, 4) is 0 Å². The van der Waals surface area contributed by atoms with E-state index >= 15 is 0 Å². The van der Waals surface area contributed by atoms with Crippen LogP contribution < -0.4 is 5.32 Å². The number of fused-ring (bicyclic) bond motifs is 1. The van der Waals surface area contributed by atoms with Crippen LogP contribution in [0.15, 0.2) is 0 Å². The third-order valence-corrected chi connectivity index (χ3v) is 3.87. The third kappa shape index (κ3) is 1.88. The molecular formula is C12H17N5OS. The van der Waals surface area contributed by atoms with Crippen LogP contribution in [0.1, 0.15) is 31.5 Å². The molecule has 0 spiro atoms. The molecule has 1 unspecified atom stereocenters. The number of hydrogen-bond donors (Lipinski definition) is 2. The predicted octanol–water partition coefficient (Wildman–Crippen LogP) is 1.45. The molecule has 0 aromatic carbocycles. The molecule has 0 aliphatic carbocycles. The fraction of sp³-hybridized carbons (Fsp3) is 0.583. The van der Waals surface area contributed by atoms with Gasteiger partial charge in [0.25, 0.3) is 0 Å². The minimum absolute atomic E-state index is 0.0807. The van der Waals surface area contributed by atoms with E-state index in [2.05, 4.69) is 22.3 Å². The lowest BCUT2D eigenvalue weighted by atomic mass is 10.2. The molecule has 1 saturated heterocycles. The first-order valence-corrected chi connectivity index (χ1v) is 6.95. The zero-order chi connectivity index (χ0) is 13.6. The number of amides is 1. The molecule has 1 aliphatic heterocycles. The average Bonchev–Trinajstić information content (AvgIpc) is 2.98. The van der Waals surface area contributed by atoms with Crippen LogP contribution in [0.5, 0.6) is 0 Å². The highest BCUT2D eigenvalue weighted by Gasteiger charge is 2.27. The second kappa shape index (κ2) is 4.48. The monoisotopic (exact) mass is 279 g/mol. The van der Waals surface area contributed by atoms with E-state index in [4.69, 9.17) is 12.2 Å². The number of carbonyl (C=O) groups excluding carboxylic acids is 1. The van der Waals surface area contributed by atoms with E-state index in [1.54, 1.807) is 0 Å². The number of imidazole rings is 1. The van der Waals surface area contributed by atoms with Gasteiger partial charge in [-0.3, -0.25) is 14.0 Å². The predicted molar refractivity (Wildman–Crippen MR) is 74.5 cm³/mol. The van der Waals surface area contributed by atoms with Crippen molar-refractivity contribution in [2.45, 2.75) is 32.2 Å². The van der Waals surface area contributed by atoms with Gasteiger partial charge in [0.15, 0.2) is 10.4 Å². The van der Waals surface area contributed by atoms with Crippen LogP contribution in [0.25, 0.3) is 11.2 Å². The lowest BCUT2D eigenvalue weighted by Crippen LogP contribution is -2.16. The van der Waals surface area contributed by atoms with E-state index in [1.807, 2.05) is 16.3 Å². The number of aromatic amines is 1. The maximum Gasteiger partial charge on any atom is 0.222 e. The van der Waals surface area contributed by atoms with Crippen LogP contribution in [0.4, 0.5) is 0 Å². The van der Waals surface area contributed by atoms with Crippen molar-refractivity contribution in [1.29, 1.82) is 0 Å². The van der Waals surface area contributed by atoms with E-state index in [-0.39, 0.29) is 11.9 Å². The zero-order valence-corrected chi connectivity index (χ0v) is 11.9. The smallest absolute Gasteiger partial charge is 0.222 e. The number of nitrogens with zero attached hydrogens (tertiary/aromatic N) is 3. The molecule has 1 amide bonds. The van der Waals surface area contributed by atoms with Crippen molar-refractivity contribution in [2.24, 2.45) is 7.05 Å². The maximum absolute atomic E-state index is 11.4. The molecule has 6 nitrogen and oxygen atoms in total. The Morgan fingerprint density at radius 2 is 2.32 bits per heavy atom. The van der Waals surface area contributed by atoms with Crippen LogP contribution >= 0.6 is 12.2 Å². The van der Waals surface area contributed by atoms with Crippen molar-refractivity contribution in [3.63, 3.8) is 0 Å². The standard InChI is InChI=1S/C12H17N5OS/c1-3-4-8-10-11(16(2)15-8)17(12(19)14-10)7-5-9(18)13-6-7/h7H,3-6H2,1-2H3,(H,13,18)(H,14,19). The zero-order valence-electron chi connectivity index (χ0n) is 11.1. The number of rotatable bonds is 3. The van der Waals surface area contributed by atoms with Crippen LogP contribution in [-0.2, 0) is 18.3 Å². The Bertz CT molecular complexity index is 695. The van der Waals surface area contributed by atoms with E-state index in [1.165, 1.54) is 0 Å². The minimum Gasteiger partial charge on any atom is -0.354 e. The van der Waals surface area contributed by atoms with Gasteiger partial charge >= 0.3 is 0 Å². The summed E-state index contributed by atoms with van der Waals surface area (Å²) < 4.78 is 4.55. The van der Waals surface area contributed by atoms with Crippen molar-refractivity contribution in [2.75, 3.05) is 6.54 Å². The first-order valence-electron chi connectivity index (χ1n) is 6.54. The highest BCUT2D eigenvalue weighted by molar-refractivity contribution is 7.71. The fourth-order valence-electron chi connectivity index (χ4n) is 2.76. The van der Waals surface area contributed by atoms with Gasteiger partial charge < -0.3 is 10.3 Å². The van der Waals surface area contributed by atoms with Crippen molar-refractivity contribution < 1.29 is 4.79 Å². The molecule has 3 rings (SSSR count). The van der Waals surface area contributed by atoms with E-state index in [0.29, 0.717) is 17.7 Å². The van der Waals surface area contributed by atoms with Crippen molar-refractivity contribution in [3.05, 3.63) is 10.5 Å². The first-order chi connectivity index (χ1) is 9.11. The Morgan fingerprint density at radius 3 is 2.95 bits per heavy atom. The summed E-state index contributed by atoms with van der Waals surface area (Å²) >= 11 is 5.41. The molecule has 2 N–H and O–H groups in total. The molecule has 0 saturated carbocycles. The molecule has 1 aliphatic rings. The first kappa shape index (κ1) is 12.4. The Hall–Kier alpha value is -1.63. The van der Waals surface area contributed by atoms with Crippen molar-refractivity contribution >= 4 is 29.3 Å². The highest BCUT2D eigenvalue weighted by Crippen LogP contribution is 2.25. The molecule has 2 aromatic heterocycles. The second-order valence-corrected chi connectivity index (χ2v) is 5.37. The number of H-pyrrole nitrogens is 1. The number of nitrogens with one attached hydrogen (secondary N) is 2. The van der Waals surface area contributed by atoms with Crippen LogP contribution in [0.2, 0.25) is 0 Å². The summed E-state index contributed by atoms with van der Waals surface area (Å²) in [6, 6.07) is 0.0821. The largest absolute Gasteiger partial charge is 0.354 e. The van der Waals surface area contributed by atoms with E-state index in [0.717, 1.165) is 29.7 Å². The Labute approximate surface area is 115 Å². The summed E-state index contributed by atoms with van der Waals surface area (Å²) in [6.45, 7) is 2.76. The molecule has 7 heteroatoms. The average molecular weight is 279 g/mol. The van der Waals surface area contributed by atoms with Gasteiger partial charge in [-0.05, 0) is 18.6 Å². The minimum atomic E-state index is 0.0807. The molecule has 2 aromatic rings. The van der Waals surface area contributed by atoms with Gasteiger partial charge in [0.2, 0.25) is 5.91 Å². The van der Waals surface area contributed by atoms with Gasteiger partial charge in [-0.15, -0.1) is 0 Å². The van der Waals surface area contributed by atoms with Crippen LogP contribution in [0, 0.1) is 4.77 Å². The van der Waals surface area contributed by atoms with Crippen molar-refractivity contribution in [1.82, 2.24) is 24.6 Å². The highest BCUT2D eigenvalue weighted by atomic mass is 32.1. The lowest BCUT2D eigenvalue weighted by Gasteiger charge is -2.10. The normalized spacial score (nSPS) is 19.3. The molecule has 3 heterocycles. The summed E-state index contributed by atoms with van der Waals surface area (Å²) in [7, 11) is 1.92. The fourth-order valence-corrected chi connectivity index (χ4v) is 3.10. The number of carbonyl (C=O) groups is 1. The Morgan fingerprint density at radius 1 is 1.53 bits per heavy atom. The number of aromatic nitrogens is 4. The van der Waals surface area contributed by atoms with E-state index in [9.17, 15) is 4.79 Å². The van der Waals surface area contributed by atoms with E-state index < -0.39 is 0 Å².